The summed E-state index contributed by atoms with van der Waals surface area (Å²) in [6.07, 6.45) is -1.82. The van der Waals surface area contributed by atoms with Crippen LogP contribution >= 0.6 is 8.53 Å². The van der Waals surface area contributed by atoms with Crippen molar-refractivity contribution >= 4 is 19.7 Å². The Morgan fingerprint density at radius 1 is 0.877 bits per heavy atom. The maximum absolute atomic E-state index is 12.8. The van der Waals surface area contributed by atoms with E-state index in [1.54, 1.807) is 25.9 Å². The van der Waals surface area contributed by atoms with Crippen LogP contribution in [0.5, 0.6) is 11.5 Å². The number of rotatable bonds is 18. The smallest absolute Gasteiger partial charge is 0.327 e. The summed E-state index contributed by atoms with van der Waals surface area (Å²) in [5.74, 6) is 1.37. The highest BCUT2D eigenvalue weighted by molar-refractivity contribution is 7.44. The zero-order valence-electron chi connectivity index (χ0n) is 33.1. The first-order valence-electron chi connectivity index (χ1n) is 18.7. The van der Waals surface area contributed by atoms with Crippen LogP contribution in [-0.4, -0.2) is 89.1 Å². The van der Waals surface area contributed by atoms with Crippen molar-refractivity contribution in [1.29, 1.82) is 5.26 Å². The van der Waals surface area contributed by atoms with Gasteiger partial charge in [-0.25, -0.2) is 14.4 Å². The van der Waals surface area contributed by atoms with Gasteiger partial charge in [-0.1, -0.05) is 54.6 Å². The minimum absolute atomic E-state index is 0.0114. The fraction of sp³-hybridized carbons (Fsp3) is 0.415. The van der Waals surface area contributed by atoms with Crippen LogP contribution in [0, 0.1) is 11.3 Å². The summed E-state index contributed by atoms with van der Waals surface area (Å²) in [6.45, 7) is 8.32. The first-order chi connectivity index (χ1) is 27.6. The summed E-state index contributed by atoms with van der Waals surface area (Å²) in [4.78, 5) is 34.5. The van der Waals surface area contributed by atoms with Crippen molar-refractivity contribution < 1.29 is 32.7 Å². The average molecular weight is 801 g/mol. The van der Waals surface area contributed by atoms with Gasteiger partial charge in [-0.2, -0.15) is 5.26 Å². The first-order valence-corrected chi connectivity index (χ1v) is 19.8. The minimum Gasteiger partial charge on any atom is -0.497 e. The SMILES string of the molecule is COc1ccc(C(OC[C@H]2O[C@@H](n3cnc4c(=O)[nH]c(=O)[nH]c43)[C@H](OC)[C@@H]2OP(OCCC#N)N(C(C)C)C(C)C)(c2ccccc2)c2ccc(OC)cc2)cc1. The minimum atomic E-state index is -1.79. The van der Waals surface area contributed by atoms with E-state index in [1.165, 1.54) is 6.33 Å². The van der Waals surface area contributed by atoms with Crippen LogP contribution in [0.25, 0.3) is 11.2 Å². The molecule has 0 radical (unpaired) electrons. The third kappa shape index (κ3) is 8.68. The van der Waals surface area contributed by atoms with E-state index in [0.29, 0.717) is 11.5 Å². The van der Waals surface area contributed by atoms with Gasteiger partial charge in [-0.15, -0.1) is 0 Å². The van der Waals surface area contributed by atoms with Crippen LogP contribution in [-0.2, 0) is 28.9 Å². The zero-order valence-corrected chi connectivity index (χ0v) is 34.0. The molecule has 1 saturated heterocycles. The molecule has 0 aliphatic carbocycles. The number of nitriles is 1. The van der Waals surface area contributed by atoms with Gasteiger partial charge >= 0.3 is 5.69 Å². The van der Waals surface area contributed by atoms with E-state index in [9.17, 15) is 14.9 Å². The number of fused-ring (bicyclic) bond motifs is 1. The Balaban J connectivity index is 1.49. The molecule has 302 valence electrons. The fourth-order valence-corrected chi connectivity index (χ4v) is 9.04. The molecular formula is C41H49N6O9P. The van der Waals surface area contributed by atoms with E-state index >= 15 is 0 Å². The van der Waals surface area contributed by atoms with Gasteiger partial charge in [0.25, 0.3) is 14.1 Å². The Kier molecular flexibility index (Phi) is 13.6. The van der Waals surface area contributed by atoms with Crippen molar-refractivity contribution in [2.75, 3.05) is 34.5 Å². The average Bonchev–Trinajstić information content (AvgIpc) is 3.79. The first kappa shape index (κ1) is 41.7. The van der Waals surface area contributed by atoms with E-state index in [1.807, 2.05) is 78.9 Å². The second-order valence-corrected chi connectivity index (χ2v) is 15.4. The maximum atomic E-state index is 12.8. The summed E-state index contributed by atoms with van der Waals surface area (Å²) >= 11 is 0. The molecule has 2 N–H and O–H groups in total. The molecule has 3 heterocycles. The van der Waals surface area contributed by atoms with Crippen LogP contribution in [0.4, 0.5) is 0 Å². The monoisotopic (exact) mass is 800 g/mol. The molecule has 5 aromatic rings. The number of imidazole rings is 1. The normalized spacial score (nSPS) is 19.0. The molecule has 5 atom stereocenters. The molecule has 57 heavy (non-hydrogen) atoms. The molecule has 0 spiro atoms. The molecule has 0 amide bonds. The molecule has 1 aliphatic rings. The van der Waals surface area contributed by atoms with Gasteiger partial charge in [0.05, 0.1) is 46.3 Å². The number of benzene rings is 3. The number of methoxy groups -OCH3 is 3. The standard InChI is InChI=1S/C41H49N6O9P/c1-26(2)47(27(3)4)57(54-23-11-22-42)56-35-33(55-39(36(35)52-7)46-25-43-34-37(46)44-40(49)45-38(34)48)24-53-41(28-12-9-8-10-13-28,29-14-18-31(50-5)19-15-29)30-16-20-32(51-6)21-17-30/h8-10,12-21,25-27,33,35-36,39H,11,23-24H2,1-7H3,(H2,44,45,48,49)/t33-,35-,36-,39-,57?/m1/s1. The lowest BCUT2D eigenvalue weighted by molar-refractivity contribution is -0.0938. The molecular weight excluding hydrogens is 751 g/mol. The largest absolute Gasteiger partial charge is 0.497 e. The lowest BCUT2D eigenvalue weighted by Gasteiger charge is -2.39. The molecule has 16 heteroatoms. The number of H-pyrrole nitrogens is 2. The third-order valence-corrected chi connectivity index (χ3v) is 11.9. The molecule has 15 nitrogen and oxygen atoms in total. The number of nitrogens with zero attached hydrogens (tertiary/aromatic N) is 4. The molecule has 0 saturated carbocycles. The molecule has 1 aliphatic heterocycles. The Hall–Kier alpha value is -4.91. The Bertz CT molecular complexity index is 2170. The highest BCUT2D eigenvalue weighted by Gasteiger charge is 2.51. The molecule has 1 fully saturated rings. The topological polar surface area (TPSA) is 175 Å². The van der Waals surface area contributed by atoms with Gasteiger partial charge < -0.3 is 32.7 Å². The molecule has 6 rings (SSSR count). The number of aromatic nitrogens is 4. The number of ether oxygens (including phenoxy) is 5. The predicted molar refractivity (Wildman–Crippen MR) is 214 cm³/mol. The second-order valence-electron chi connectivity index (χ2n) is 14.0. The Morgan fingerprint density at radius 2 is 1.47 bits per heavy atom. The van der Waals surface area contributed by atoms with E-state index in [0.717, 1.165) is 16.7 Å². The van der Waals surface area contributed by atoms with E-state index in [2.05, 4.69) is 53.4 Å². The number of hydrogen-bond acceptors (Lipinski definition) is 12. The maximum Gasteiger partial charge on any atom is 0.327 e. The van der Waals surface area contributed by atoms with Crippen molar-refractivity contribution in [1.82, 2.24) is 24.2 Å². The third-order valence-electron chi connectivity index (χ3n) is 9.81. The summed E-state index contributed by atoms with van der Waals surface area (Å²) in [5, 5.41) is 9.39. The number of aromatic amines is 2. The quantitative estimate of drug-likeness (QED) is 0.0601. The summed E-state index contributed by atoms with van der Waals surface area (Å²) in [5.41, 5.74) is 0.147. The van der Waals surface area contributed by atoms with E-state index in [-0.39, 0.29) is 42.9 Å². The summed E-state index contributed by atoms with van der Waals surface area (Å²) in [6, 6.07) is 27.5. The van der Waals surface area contributed by atoms with Gasteiger partial charge in [0.15, 0.2) is 11.7 Å². The number of nitrogens with one attached hydrogen (secondary N) is 2. The molecule has 1 unspecified atom stereocenters. The van der Waals surface area contributed by atoms with Crippen LogP contribution in [0.2, 0.25) is 0 Å². The van der Waals surface area contributed by atoms with Crippen LogP contribution in [0.1, 0.15) is 57.0 Å². The number of hydrogen-bond donors (Lipinski definition) is 2. The molecule has 0 bridgehead atoms. The van der Waals surface area contributed by atoms with E-state index in [4.69, 9.17) is 32.7 Å². The van der Waals surface area contributed by atoms with Crippen LogP contribution in [0.3, 0.4) is 0 Å². The Morgan fingerprint density at radius 3 is 2.02 bits per heavy atom. The zero-order chi connectivity index (χ0) is 40.7. The van der Waals surface area contributed by atoms with Crippen molar-refractivity contribution in [3.63, 3.8) is 0 Å². The molecule has 2 aromatic heterocycles. The second kappa shape index (κ2) is 18.6. The van der Waals surface area contributed by atoms with Crippen LogP contribution < -0.4 is 20.7 Å². The van der Waals surface area contributed by atoms with Crippen molar-refractivity contribution in [2.24, 2.45) is 0 Å². The van der Waals surface area contributed by atoms with Gasteiger partial charge in [0, 0.05) is 19.2 Å². The van der Waals surface area contributed by atoms with Gasteiger partial charge in [-0.05, 0) is 68.7 Å². The summed E-state index contributed by atoms with van der Waals surface area (Å²) in [7, 11) is 2.99. The van der Waals surface area contributed by atoms with Crippen LogP contribution in [0.15, 0.2) is 94.8 Å². The van der Waals surface area contributed by atoms with Crippen molar-refractivity contribution in [3.05, 3.63) is 123 Å². The van der Waals surface area contributed by atoms with Crippen molar-refractivity contribution in [2.45, 2.75) is 76.3 Å². The Labute approximate surface area is 332 Å². The summed E-state index contributed by atoms with van der Waals surface area (Å²) < 4.78 is 48.5. The van der Waals surface area contributed by atoms with Gasteiger partial charge in [0.2, 0.25) is 0 Å². The lowest BCUT2D eigenvalue weighted by Crippen LogP contribution is -2.42. The van der Waals surface area contributed by atoms with Gasteiger partial charge in [0.1, 0.15) is 41.1 Å². The lowest BCUT2D eigenvalue weighted by atomic mass is 9.80. The highest BCUT2D eigenvalue weighted by atomic mass is 31.2. The van der Waals surface area contributed by atoms with Crippen molar-refractivity contribution in [3.8, 4) is 17.6 Å². The van der Waals surface area contributed by atoms with E-state index < -0.39 is 49.9 Å². The molecule has 3 aromatic carbocycles. The highest BCUT2D eigenvalue weighted by Crippen LogP contribution is 2.51. The fourth-order valence-electron chi connectivity index (χ4n) is 7.27. The van der Waals surface area contributed by atoms with Gasteiger partial charge in [-0.3, -0.25) is 19.3 Å². The predicted octanol–water partition coefficient (Wildman–Crippen LogP) is 6.01.